The monoisotopic (exact) mass is 648 g/mol. The molecule has 49 heavy (non-hydrogen) atoms. The van der Waals surface area contributed by atoms with Gasteiger partial charge in [0.2, 0.25) is 0 Å². The van der Waals surface area contributed by atoms with Gasteiger partial charge in [0.15, 0.2) is 0 Å². The summed E-state index contributed by atoms with van der Waals surface area (Å²) in [6.07, 6.45) is 0. The highest BCUT2D eigenvalue weighted by Gasteiger charge is 2.44. The van der Waals surface area contributed by atoms with Crippen LogP contribution in [0.15, 0.2) is 133 Å². The molecule has 0 spiro atoms. The molecule has 0 bridgehead atoms. The van der Waals surface area contributed by atoms with Crippen LogP contribution in [0, 0.1) is 13.8 Å². The minimum Gasteiger partial charge on any atom is -0.458 e. The molecule has 4 heteroatoms. The van der Waals surface area contributed by atoms with Crippen molar-refractivity contribution in [3.05, 3.63) is 156 Å². The van der Waals surface area contributed by atoms with Crippen LogP contribution in [0.1, 0.15) is 59.3 Å². The molecule has 2 aliphatic heterocycles. The van der Waals surface area contributed by atoms with E-state index in [-0.39, 0.29) is 33.5 Å². The van der Waals surface area contributed by atoms with Crippen LogP contribution in [-0.2, 0) is 5.41 Å². The molecule has 0 radical (unpaired) electrons. The van der Waals surface area contributed by atoms with Crippen LogP contribution in [0.3, 0.4) is 0 Å². The maximum absolute atomic E-state index is 9.20. The molecule has 0 N–H and O–H groups in total. The van der Waals surface area contributed by atoms with Crippen molar-refractivity contribution in [3.8, 4) is 34.1 Å². The molecule has 0 aromatic heterocycles. The fourth-order valence-electron chi connectivity index (χ4n) is 7.33. The summed E-state index contributed by atoms with van der Waals surface area (Å²) in [5.41, 5.74) is -3.38. The van der Waals surface area contributed by atoms with Gasteiger partial charge in [-0.05, 0) is 118 Å². The van der Waals surface area contributed by atoms with Gasteiger partial charge in [-0.15, -0.1) is 0 Å². The van der Waals surface area contributed by atoms with E-state index in [9.17, 15) is 8.22 Å². The van der Waals surface area contributed by atoms with E-state index in [0.29, 0.717) is 33.9 Å². The zero-order valence-electron chi connectivity index (χ0n) is 42.9. The highest BCUT2D eigenvalue weighted by Crippen LogP contribution is 2.52. The third-order valence-corrected chi connectivity index (χ3v) is 9.56. The molecule has 2 heterocycles. The summed E-state index contributed by atoms with van der Waals surface area (Å²) in [6.45, 7) is -9.03. The number of benzene rings is 7. The van der Waals surface area contributed by atoms with Crippen molar-refractivity contribution >= 4 is 50.9 Å². The molecule has 0 atom stereocenters. The van der Waals surface area contributed by atoms with E-state index in [1.165, 1.54) is 25.1 Å². The Morgan fingerprint density at radius 3 is 1.92 bits per heavy atom. The lowest BCUT2D eigenvalue weighted by molar-refractivity contribution is 0.465. The van der Waals surface area contributed by atoms with Crippen LogP contribution in [-0.4, -0.2) is 6.71 Å². The molecule has 7 aromatic carbocycles. The van der Waals surface area contributed by atoms with E-state index < -0.39 is 98.0 Å². The molecule has 10 rings (SSSR count). The number of fused-ring (bicyclic) bond motifs is 8. The van der Waals surface area contributed by atoms with Gasteiger partial charge < -0.3 is 14.4 Å². The molecule has 234 valence electrons. The SMILES string of the molecule is [2H]c1c([2H])c(N(c2ccc3c(c2)C(C([2H])([2H])[2H])(C([2H])([2H])[2H])c2cc4c(cc2-3)Oc2cccc3c2B4c2cc4ccccc4cc2O3)c2c([2H])c([2H])c(C([2H])([2H])[2H])c([2H])c2[2H])c([2H])c([2H])c1C. The Bertz CT molecular complexity index is 3230. The van der Waals surface area contributed by atoms with Crippen molar-refractivity contribution in [2.75, 3.05) is 4.90 Å². The minimum atomic E-state index is -3.34. The molecule has 3 nitrogen and oxygen atoms in total. The lowest BCUT2D eigenvalue weighted by Gasteiger charge is -2.34. The first-order chi connectivity index (χ1) is 30.9. The number of ether oxygens (including phenoxy) is 2. The predicted octanol–water partition coefficient (Wildman–Crippen LogP) is 9.96. The van der Waals surface area contributed by atoms with Crippen molar-refractivity contribution in [2.45, 2.75) is 32.9 Å². The average Bonchev–Trinajstić information content (AvgIpc) is 3.55. The first-order valence-corrected chi connectivity index (χ1v) is 15.7. The molecule has 0 fully saturated rings. The zero-order valence-corrected chi connectivity index (χ0v) is 25.9. The van der Waals surface area contributed by atoms with Crippen LogP contribution in [0.2, 0.25) is 0 Å². The molecule has 7 aromatic rings. The molecule has 1 aliphatic carbocycles. The highest BCUT2D eigenvalue weighted by atomic mass is 16.5. The maximum atomic E-state index is 9.20. The van der Waals surface area contributed by atoms with Crippen LogP contribution >= 0.6 is 0 Å². The maximum Gasteiger partial charge on any atom is 0.260 e. The summed E-state index contributed by atoms with van der Waals surface area (Å²) in [7, 11) is 0. The molecular weight excluding hydrogens is 597 g/mol. The van der Waals surface area contributed by atoms with Crippen molar-refractivity contribution < 1.29 is 32.8 Å². The standard InChI is InChI=1S/C45H34BNO2/c1-27-12-16-31(17-13-27)47(32-18-14-28(2)15-19-32)33-20-21-34-35-25-43-39(26-37(35)45(3,4)36(34)24-33)46-38-22-29-8-5-6-9-30(29)23-42(38)48-40-10-7-11-41(49-43)44(40)46/h5-26H,1-4H3/i1D3,3D3,4D3,12D,13D,14D,15D,16D,17D,18D,19D. The molecular formula is C45H34BNO2. The number of nitrogens with zero attached hydrogens (tertiary/aromatic N) is 1. The Hall–Kier alpha value is -5.74. The van der Waals surface area contributed by atoms with E-state index in [1.54, 1.807) is 30.3 Å². The van der Waals surface area contributed by atoms with Gasteiger partial charge in [-0.25, -0.2) is 0 Å². The third kappa shape index (κ3) is 4.17. The Balaban J connectivity index is 1.28. The molecule has 0 amide bonds. The van der Waals surface area contributed by atoms with Crippen molar-refractivity contribution in [1.29, 1.82) is 0 Å². The number of rotatable bonds is 3. The zero-order chi connectivity index (χ0) is 47.5. The second-order valence-corrected chi connectivity index (χ2v) is 12.5. The fourth-order valence-corrected chi connectivity index (χ4v) is 7.33. The summed E-state index contributed by atoms with van der Waals surface area (Å²) in [5, 5.41) is 1.82. The summed E-state index contributed by atoms with van der Waals surface area (Å²) < 4.78 is 164. The van der Waals surface area contributed by atoms with Gasteiger partial charge in [-0.3, -0.25) is 0 Å². The summed E-state index contributed by atoms with van der Waals surface area (Å²) in [5.74, 6) is 1.86. The molecule has 0 saturated carbocycles. The molecule has 0 unspecified atom stereocenters. The Labute approximate surface area is 311 Å². The number of anilines is 3. The average molecular weight is 649 g/mol. The summed E-state index contributed by atoms with van der Waals surface area (Å²) >= 11 is 0. The van der Waals surface area contributed by atoms with E-state index in [0.717, 1.165) is 21.1 Å². The van der Waals surface area contributed by atoms with Crippen molar-refractivity contribution in [2.24, 2.45) is 0 Å². The lowest BCUT2D eigenvalue weighted by atomic mass is 9.34. The van der Waals surface area contributed by atoms with Gasteiger partial charge in [0.05, 0.1) is 11.0 Å². The van der Waals surface area contributed by atoms with Crippen LogP contribution in [0.25, 0.3) is 21.9 Å². The fraction of sp³-hybridized carbons (Fsp3) is 0.111. The first kappa shape index (κ1) is 16.1. The Morgan fingerprint density at radius 2 is 1.22 bits per heavy atom. The lowest BCUT2D eigenvalue weighted by Crippen LogP contribution is -2.57. The normalized spacial score (nSPS) is 19.9. The van der Waals surface area contributed by atoms with Crippen molar-refractivity contribution in [3.63, 3.8) is 0 Å². The summed E-state index contributed by atoms with van der Waals surface area (Å²) in [4.78, 5) is 0.882. The van der Waals surface area contributed by atoms with E-state index in [1.807, 2.05) is 36.4 Å². The molecule has 0 saturated heterocycles. The second-order valence-electron chi connectivity index (χ2n) is 12.5. The van der Waals surface area contributed by atoms with Gasteiger partial charge >= 0.3 is 0 Å². The molecule has 3 aliphatic rings. The number of hydrogen-bond donors (Lipinski definition) is 0. The Kier molecular flexibility index (Phi) is 3.33. The van der Waals surface area contributed by atoms with Crippen LogP contribution in [0.5, 0.6) is 23.0 Å². The highest BCUT2D eigenvalue weighted by molar-refractivity contribution is 6.98. The van der Waals surface area contributed by atoms with E-state index in [4.69, 9.17) is 24.6 Å². The topological polar surface area (TPSA) is 21.7 Å². The van der Waals surface area contributed by atoms with Gasteiger partial charge in [-0.2, -0.15) is 0 Å². The largest absolute Gasteiger partial charge is 0.458 e. The quantitative estimate of drug-likeness (QED) is 0.178. The predicted molar refractivity (Wildman–Crippen MR) is 203 cm³/mol. The van der Waals surface area contributed by atoms with Gasteiger partial charge in [-0.1, -0.05) is 97.5 Å². The van der Waals surface area contributed by atoms with Gasteiger partial charge in [0, 0.05) is 40.3 Å². The van der Waals surface area contributed by atoms with Crippen molar-refractivity contribution in [1.82, 2.24) is 0 Å². The van der Waals surface area contributed by atoms with Gasteiger partial charge in [0.1, 0.15) is 23.0 Å². The Morgan fingerprint density at radius 1 is 0.592 bits per heavy atom. The van der Waals surface area contributed by atoms with Crippen LogP contribution < -0.4 is 30.8 Å². The van der Waals surface area contributed by atoms with E-state index in [2.05, 4.69) is 0 Å². The first-order valence-electron chi connectivity index (χ1n) is 24.2. The van der Waals surface area contributed by atoms with Crippen LogP contribution in [0.4, 0.5) is 17.1 Å². The number of hydrogen-bond acceptors (Lipinski definition) is 3. The summed E-state index contributed by atoms with van der Waals surface area (Å²) in [6, 6.07) is 18.0. The second kappa shape index (κ2) is 10.1. The third-order valence-electron chi connectivity index (χ3n) is 9.56. The van der Waals surface area contributed by atoms with Gasteiger partial charge in [0.25, 0.3) is 6.71 Å². The minimum absolute atomic E-state index is 0.0555. The van der Waals surface area contributed by atoms with E-state index >= 15 is 0 Å². The smallest absolute Gasteiger partial charge is 0.260 e.